The van der Waals surface area contributed by atoms with Gasteiger partial charge < -0.3 is 13.9 Å². The standard InChI is InChI=1S/C24H22N2O5/c1-16-5-7-17(8-6-16)20-14-21(22-4-3-13-30-22)26(25-20)23(27)15-31-24(28)18-9-11-19(29-2)12-10-18/h3-14,21,25H,15H2,1-2H3/t21-/m0/s1. The Morgan fingerprint density at radius 2 is 1.81 bits per heavy atom. The third-order valence-electron chi connectivity index (χ3n) is 4.96. The lowest BCUT2D eigenvalue weighted by atomic mass is 10.1. The van der Waals surface area contributed by atoms with Crippen molar-refractivity contribution < 1.29 is 23.5 Å². The van der Waals surface area contributed by atoms with Gasteiger partial charge in [0.25, 0.3) is 5.91 Å². The second-order valence-electron chi connectivity index (χ2n) is 7.09. The van der Waals surface area contributed by atoms with Crippen molar-refractivity contribution in [1.82, 2.24) is 10.4 Å². The third kappa shape index (κ3) is 4.45. The molecule has 2 aromatic carbocycles. The fraction of sp³-hybridized carbons (Fsp3) is 0.167. The fourth-order valence-corrected chi connectivity index (χ4v) is 3.26. The van der Waals surface area contributed by atoms with E-state index in [2.05, 4.69) is 5.43 Å². The number of hydrazine groups is 1. The van der Waals surface area contributed by atoms with Crippen LogP contribution in [0, 0.1) is 6.92 Å². The van der Waals surface area contributed by atoms with Crippen molar-refractivity contribution >= 4 is 17.6 Å². The van der Waals surface area contributed by atoms with Gasteiger partial charge in [0.1, 0.15) is 17.6 Å². The van der Waals surface area contributed by atoms with E-state index < -0.39 is 24.5 Å². The molecule has 0 saturated heterocycles. The molecule has 1 aliphatic rings. The number of hydrogen-bond donors (Lipinski definition) is 1. The van der Waals surface area contributed by atoms with Gasteiger partial charge in [-0.15, -0.1) is 0 Å². The SMILES string of the molecule is COc1ccc(C(=O)OCC(=O)N2NC(c3ccc(C)cc3)=C[C@H]2c2ccco2)cc1. The van der Waals surface area contributed by atoms with Crippen LogP contribution in [-0.4, -0.2) is 30.6 Å². The molecule has 1 aromatic heterocycles. The second-order valence-corrected chi connectivity index (χ2v) is 7.09. The number of carbonyl (C=O) groups excluding carboxylic acids is 2. The molecule has 0 unspecified atom stereocenters. The highest BCUT2D eigenvalue weighted by atomic mass is 16.5. The molecule has 4 rings (SSSR count). The van der Waals surface area contributed by atoms with E-state index in [0.717, 1.165) is 16.8 Å². The Morgan fingerprint density at radius 1 is 1.06 bits per heavy atom. The Labute approximate surface area is 179 Å². The van der Waals surface area contributed by atoms with E-state index in [9.17, 15) is 9.59 Å². The van der Waals surface area contributed by atoms with Crippen LogP contribution >= 0.6 is 0 Å². The predicted molar refractivity (Wildman–Crippen MR) is 114 cm³/mol. The number of carbonyl (C=O) groups is 2. The molecule has 31 heavy (non-hydrogen) atoms. The molecule has 1 aliphatic heterocycles. The van der Waals surface area contributed by atoms with E-state index in [-0.39, 0.29) is 0 Å². The zero-order chi connectivity index (χ0) is 21.8. The second kappa shape index (κ2) is 8.79. The molecule has 0 radical (unpaired) electrons. The molecule has 2 heterocycles. The summed E-state index contributed by atoms with van der Waals surface area (Å²) in [6.07, 6.45) is 3.46. The number of ether oxygens (including phenoxy) is 2. The molecule has 1 amide bonds. The maximum atomic E-state index is 12.9. The van der Waals surface area contributed by atoms with Gasteiger partial charge in [0.05, 0.1) is 24.6 Å². The van der Waals surface area contributed by atoms with Gasteiger partial charge in [-0.1, -0.05) is 29.8 Å². The average molecular weight is 418 g/mol. The third-order valence-corrected chi connectivity index (χ3v) is 4.96. The predicted octanol–water partition coefficient (Wildman–Crippen LogP) is 3.88. The van der Waals surface area contributed by atoms with Crippen molar-refractivity contribution in [2.75, 3.05) is 13.7 Å². The first-order valence-corrected chi connectivity index (χ1v) is 9.77. The first kappa shape index (κ1) is 20.3. The molecule has 3 aromatic rings. The number of methoxy groups -OCH3 is 1. The Hall–Kier alpha value is -4.00. The zero-order valence-corrected chi connectivity index (χ0v) is 17.2. The number of amides is 1. The number of aryl methyl sites for hydroxylation is 1. The molecule has 1 atom stereocenters. The highest BCUT2D eigenvalue weighted by molar-refractivity contribution is 5.91. The summed E-state index contributed by atoms with van der Waals surface area (Å²) in [5, 5.41) is 1.41. The zero-order valence-electron chi connectivity index (χ0n) is 17.2. The van der Waals surface area contributed by atoms with E-state index >= 15 is 0 Å². The number of hydrogen-bond acceptors (Lipinski definition) is 6. The fourth-order valence-electron chi connectivity index (χ4n) is 3.26. The maximum absolute atomic E-state index is 12.9. The maximum Gasteiger partial charge on any atom is 0.338 e. The molecule has 7 heteroatoms. The molecule has 0 saturated carbocycles. The highest BCUT2D eigenvalue weighted by Crippen LogP contribution is 2.31. The summed E-state index contributed by atoms with van der Waals surface area (Å²) < 4.78 is 15.8. The quantitative estimate of drug-likeness (QED) is 0.612. The van der Waals surface area contributed by atoms with Crippen molar-refractivity contribution in [3.05, 3.63) is 95.5 Å². The van der Waals surface area contributed by atoms with E-state index in [1.165, 1.54) is 5.01 Å². The summed E-state index contributed by atoms with van der Waals surface area (Å²) in [5.74, 6) is 0.243. The lowest BCUT2D eigenvalue weighted by molar-refractivity contribution is -0.138. The summed E-state index contributed by atoms with van der Waals surface area (Å²) >= 11 is 0. The van der Waals surface area contributed by atoms with Gasteiger partial charge in [0.2, 0.25) is 0 Å². The van der Waals surface area contributed by atoms with Crippen LogP contribution in [0.15, 0.2) is 77.4 Å². The van der Waals surface area contributed by atoms with Crippen molar-refractivity contribution in [1.29, 1.82) is 0 Å². The number of benzene rings is 2. The summed E-state index contributed by atoms with van der Waals surface area (Å²) in [6.45, 7) is 1.60. The number of rotatable bonds is 6. The van der Waals surface area contributed by atoms with Gasteiger partial charge in [0, 0.05) is 0 Å². The lowest BCUT2D eigenvalue weighted by Crippen LogP contribution is -2.41. The average Bonchev–Trinajstić information content (AvgIpc) is 3.48. The van der Waals surface area contributed by atoms with Gasteiger partial charge in [-0.05, 0) is 55.0 Å². The molecule has 0 fully saturated rings. The van der Waals surface area contributed by atoms with Crippen LogP contribution in [0.2, 0.25) is 0 Å². The van der Waals surface area contributed by atoms with Crippen molar-refractivity contribution in [2.24, 2.45) is 0 Å². The van der Waals surface area contributed by atoms with Gasteiger partial charge in [-0.25, -0.2) is 9.80 Å². The smallest absolute Gasteiger partial charge is 0.338 e. The normalized spacial score (nSPS) is 15.2. The number of nitrogens with one attached hydrogen (secondary N) is 1. The Kier molecular flexibility index (Phi) is 5.75. The molecular formula is C24H22N2O5. The lowest BCUT2D eigenvalue weighted by Gasteiger charge is -2.23. The van der Waals surface area contributed by atoms with Gasteiger partial charge in [-0.2, -0.15) is 0 Å². The minimum absolute atomic E-state index is 0.337. The minimum atomic E-state index is -0.587. The van der Waals surface area contributed by atoms with Crippen molar-refractivity contribution in [3.63, 3.8) is 0 Å². The minimum Gasteiger partial charge on any atom is -0.497 e. The number of esters is 1. The first-order chi connectivity index (χ1) is 15.0. The molecule has 0 bridgehead atoms. The number of furan rings is 1. The van der Waals surface area contributed by atoms with E-state index in [4.69, 9.17) is 13.9 Å². The van der Waals surface area contributed by atoms with Gasteiger partial charge >= 0.3 is 5.97 Å². The van der Waals surface area contributed by atoms with Crippen molar-refractivity contribution in [2.45, 2.75) is 13.0 Å². The topological polar surface area (TPSA) is 81.0 Å². The summed E-state index contributed by atoms with van der Waals surface area (Å²) in [5.41, 5.74) is 6.31. The van der Waals surface area contributed by atoms with Crippen LogP contribution in [0.3, 0.4) is 0 Å². The van der Waals surface area contributed by atoms with E-state index in [1.54, 1.807) is 49.8 Å². The first-order valence-electron chi connectivity index (χ1n) is 9.77. The van der Waals surface area contributed by atoms with E-state index in [1.807, 2.05) is 37.3 Å². The summed E-state index contributed by atoms with van der Waals surface area (Å²) in [6, 6.07) is 17.5. The van der Waals surface area contributed by atoms with Crippen LogP contribution in [-0.2, 0) is 9.53 Å². The van der Waals surface area contributed by atoms with Gasteiger partial charge in [-0.3, -0.25) is 10.2 Å². The van der Waals surface area contributed by atoms with E-state index in [0.29, 0.717) is 17.1 Å². The highest BCUT2D eigenvalue weighted by Gasteiger charge is 2.33. The Morgan fingerprint density at radius 3 is 2.45 bits per heavy atom. The van der Waals surface area contributed by atoms with Crippen LogP contribution < -0.4 is 10.2 Å². The summed E-state index contributed by atoms with van der Waals surface area (Å²) in [4.78, 5) is 25.2. The van der Waals surface area contributed by atoms with Crippen LogP contribution in [0.25, 0.3) is 5.70 Å². The van der Waals surface area contributed by atoms with Gasteiger partial charge in [0.15, 0.2) is 6.61 Å². The molecule has 7 nitrogen and oxygen atoms in total. The monoisotopic (exact) mass is 418 g/mol. The Bertz CT molecular complexity index is 1090. The molecule has 0 aliphatic carbocycles. The van der Waals surface area contributed by atoms with Crippen molar-refractivity contribution in [3.8, 4) is 5.75 Å². The van der Waals surface area contributed by atoms with Crippen LogP contribution in [0.4, 0.5) is 0 Å². The van der Waals surface area contributed by atoms with Crippen LogP contribution in [0.1, 0.15) is 33.3 Å². The Balaban J connectivity index is 1.47. The largest absolute Gasteiger partial charge is 0.497 e. The molecule has 0 spiro atoms. The molecular weight excluding hydrogens is 396 g/mol. The molecule has 1 N–H and O–H groups in total. The summed E-state index contributed by atoms with van der Waals surface area (Å²) in [7, 11) is 1.55. The molecule has 158 valence electrons. The number of nitrogens with zero attached hydrogens (tertiary/aromatic N) is 1. The van der Waals surface area contributed by atoms with Crippen LogP contribution in [0.5, 0.6) is 5.75 Å².